The van der Waals surface area contributed by atoms with Crippen LogP contribution in [-0.2, 0) is 0 Å². The quantitative estimate of drug-likeness (QED) is 0.701. The summed E-state index contributed by atoms with van der Waals surface area (Å²) in [7, 11) is 0. The molecule has 2 heterocycles. The van der Waals surface area contributed by atoms with Crippen LogP contribution in [0.25, 0.3) is 10.9 Å². The molecule has 0 amide bonds. The minimum atomic E-state index is -1.38. The molecule has 1 aromatic carbocycles. The van der Waals surface area contributed by atoms with Gasteiger partial charge in [0.05, 0.1) is 27.3 Å². The van der Waals surface area contributed by atoms with Gasteiger partial charge in [0.15, 0.2) is 5.82 Å². The molecule has 1 aliphatic heterocycles. The van der Waals surface area contributed by atoms with Gasteiger partial charge in [-0.05, 0) is 19.3 Å². The number of benzene rings is 1. The van der Waals surface area contributed by atoms with Crippen LogP contribution in [0.4, 0.5) is 15.8 Å². The summed E-state index contributed by atoms with van der Waals surface area (Å²) in [5, 5.41) is 9.23. The zero-order chi connectivity index (χ0) is 18.7. The SMILES string of the molecule is Nc1c(F)c(N2CCC(N)C2)c(Cl)c2c1c(=O)c(C(=O)O)cn2C1CC1. The number of rotatable bonds is 3. The van der Waals surface area contributed by atoms with Gasteiger partial charge in [0.1, 0.15) is 5.56 Å². The number of nitrogens with zero attached hydrogens (tertiary/aromatic N) is 2. The average Bonchev–Trinajstić information content (AvgIpc) is 3.34. The number of carboxylic acids is 1. The Morgan fingerprint density at radius 3 is 2.58 bits per heavy atom. The maximum atomic E-state index is 15.0. The van der Waals surface area contributed by atoms with Gasteiger partial charge in [-0.1, -0.05) is 11.6 Å². The third kappa shape index (κ3) is 2.44. The fourth-order valence-corrected chi connectivity index (χ4v) is 4.01. The molecule has 1 unspecified atom stereocenters. The lowest BCUT2D eigenvalue weighted by Gasteiger charge is -2.24. The van der Waals surface area contributed by atoms with Crippen molar-refractivity contribution >= 4 is 39.8 Å². The lowest BCUT2D eigenvalue weighted by Crippen LogP contribution is -2.28. The summed E-state index contributed by atoms with van der Waals surface area (Å²) >= 11 is 6.54. The lowest BCUT2D eigenvalue weighted by molar-refractivity contribution is 0.0695. The minimum Gasteiger partial charge on any atom is -0.477 e. The zero-order valence-electron chi connectivity index (χ0n) is 13.8. The standard InChI is InChI=1S/C17H18ClFN4O3/c18-11-14-10(13(21)12(19)15(11)22-4-3-7(20)5-22)16(24)9(17(25)26)6-23(14)8-1-2-8/h6-8H,1-5,20-21H2,(H,25,26). The highest BCUT2D eigenvalue weighted by atomic mass is 35.5. The first-order chi connectivity index (χ1) is 12.3. The Kier molecular flexibility index (Phi) is 3.85. The highest BCUT2D eigenvalue weighted by Gasteiger charge is 2.33. The van der Waals surface area contributed by atoms with Gasteiger partial charge >= 0.3 is 5.97 Å². The molecule has 7 nitrogen and oxygen atoms in total. The number of aromatic nitrogens is 1. The number of halogens is 2. The van der Waals surface area contributed by atoms with E-state index in [4.69, 9.17) is 23.1 Å². The molecule has 2 fully saturated rings. The van der Waals surface area contributed by atoms with Crippen molar-refractivity contribution in [2.24, 2.45) is 5.73 Å². The number of carbonyl (C=O) groups is 1. The minimum absolute atomic E-state index is 0.0206. The predicted molar refractivity (Wildman–Crippen MR) is 97.6 cm³/mol. The molecule has 1 aliphatic carbocycles. The van der Waals surface area contributed by atoms with Crippen LogP contribution in [0.1, 0.15) is 35.7 Å². The Balaban J connectivity index is 2.09. The van der Waals surface area contributed by atoms with E-state index in [9.17, 15) is 14.7 Å². The monoisotopic (exact) mass is 380 g/mol. The molecular weight excluding hydrogens is 363 g/mol. The van der Waals surface area contributed by atoms with E-state index < -0.39 is 22.8 Å². The number of nitrogens with two attached hydrogens (primary N) is 2. The molecule has 9 heteroatoms. The molecule has 2 aromatic rings. The van der Waals surface area contributed by atoms with Gasteiger partial charge in [-0.2, -0.15) is 0 Å². The number of pyridine rings is 1. The van der Waals surface area contributed by atoms with Crippen LogP contribution < -0.4 is 21.8 Å². The Morgan fingerprint density at radius 2 is 2.04 bits per heavy atom. The highest BCUT2D eigenvalue weighted by Crippen LogP contribution is 2.44. The summed E-state index contributed by atoms with van der Waals surface area (Å²) in [5.74, 6) is -2.18. The van der Waals surface area contributed by atoms with Crippen LogP contribution in [0.3, 0.4) is 0 Å². The molecule has 5 N–H and O–H groups in total. The lowest BCUT2D eigenvalue weighted by atomic mass is 10.1. The first-order valence-electron chi connectivity index (χ1n) is 8.40. The molecule has 2 aliphatic rings. The molecule has 0 bridgehead atoms. The van der Waals surface area contributed by atoms with Crippen molar-refractivity contribution in [3.63, 3.8) is 0 Å². The van der Waals surface area contributed by atoms with E-state index in [2.05, 4.69) is 0 Å². The number of aromatic carboxylic acids is 1. The number of hydrogen-bond acceptors (Lipinski definition) is 5. The Labute approximate surface area is 152 Å². The first kappa shape index (κ1) is 17.1. The van der Waals surface area contributed by atoms with E-state index in [1.165, 1.54) is 6.20 Å². The summed E-state index contributed by atoms with van der Waals surface area (Å²) < 4.78 is 16.7. The van der Waals surface area contributed by atoms with Crippen LogP contribution in [0.15, 0.2) is 11.0 Å². The van der Waals surface area contributed by atoms with E-state index in [0.29, 0.717) is 25.0 Å². The van der Waals surface area contributed by atoms with Crippen molar-refractivity contribution in [2.45, 2.75) is 31.3 Å². The topological polar surface area (TPSA) is 115 Å². The second-order valence-electron chi connectivity index (χ2n) is 6.92. The molecule has 1 saturated heterocycles. The molecule has 1 atom stereocenters. The van der Waals surface area contributed by atoms with E-state index >= 15 is 4.39 Å². The molecule has 4 rings (SSSR count). The Morgan fingerprint density at radius 1 is 1.35 bits per heavy atom. The average molecular weight is 381 g/mol. The second kappa shape index (κ2) is 5.85. The summed E-state index contributed by atoms with van der Waals surface area (Å²) in [4.78, 5) is 25.8. The number of hydrogen-bond donors (Lipinski definition) is 3. The van der Waals surface area contributed by atoms with Crippen LogP contribution in [0.2, 0.25) is 5.02 Å². The molecule has 0 spiro atoms. The summed E-state index contributed by atoms with van der Waals surface area (Å²) in [6.45, 7) is 0.964. The van der Waals surface area contributed by atoms with Gasteiger partial charge in [0, 0.05) is 31.4 Å². The van der Waals surface area contributed by atoms with Crippen molar-refractivity contribution in [3.8, 4) is 0 Å². The largest absolute Gasteiger partial charge is 0.477 e. The predicted octanol–water partition coefficient (Wildman–Crippen LogP) is 1.95. The van der Waals surface area contributed by atoms with Crippen LogP contribution in [-0.4, -0.2) is 34.8 Å². The van der Waals surface area contributed by atoms with Crippen LogP contribution in [0.5, 0.6) is 0 Å². The first-order valence-corrected chi connectivity index (χ1v) is 8.78. The number of fused-ring (bicyclic) bond motifs is 1. The van der Waals surface area contributed by atoms with Crippen molar-refractivity contribution < 1.29 is 14.3 Å². The van der Waals surface area contributed by atoms with Crippen LogP contribution >= 0.6 is 11.6 Å². The maximum Gasteiger partial charge on any atom is 0.341 e. The second-order valence-corrected chi connectivity index (χ2v) is 7.30. The van der Waals surface area contributed by atoms with Gasteiger partial charge in [0.2, 0.25) is 5.43 Å². The van der Waals surface area contributed by atoms with Gasteiger partial charge in [-0.25, -0.2) is 9.18 Å². The molecule has 0 radical (unpaired) electrons. The van der Waals surface area contributed by atoms with Crippen molar-refractivity contribution in [2.75, 3.05) is 23.7 Å². The molecule has 1 aromatic heterocycles. The fraction of sp³-hybridized carbons (Fsp3) is 0.412. The number of nitrogen functional groups attached to an aromatic ring is 1. The molecule has 1 saturated carbocycles. The van der Waals surface area contributed by atoms with E-state index in [1.807, 2.05) is 0 Å². The Bertz CT molecular complexity index is 1000. The third-order valence-corrected chi connectivity index (χ3v) is 5.43. The number of anilines is 2. The zero-order valence-corrected chi connectivity index (χ0v) is 14.6. The van der Waals surface area contributed by atoms with E-state index in [1.54, 1.807) is 9.47 Å². The molecule has 138 valence electrons. The fourth-order valence-electron chi connectivity index (χ4n) is 3.61. The molecule has 26 heavy (non-hydrogen) atoms. The van der Waals surface area contributed by atoms with Gasteiger partial charge in [-0.3, -0.25) is 4.79 Å². The number of carboxylic acid groups (broad SMARTS) is 1. The van der Waals surface area contributed by atoms with Crippen LogP contribution in [0, 0.1) is 5.82 Å². The smallest absolute Gasteiger partial charge is 0.341 e. The van der Waals surface area contributed by atoms with Gasteiger partial charge < -0.3 is 26.0 Å². The van der Waals surface area contributed by atoms with E-state index in [0.717, 1.165) is 12.8 Å². The maximum absolute atomic E-state index is 15.0. The summed E-state index contributed by atoms with van der Waals surface area (Å²) in [5.41, 5.74) is 10.6. The van der Waals surface area contributed by atoms with E-state index in [-0.39, 0.29) is 33.9 Å². The summed E-state index contributed by atoms with van der Waals surface area (Å²) in [6.07, 6.45) is 3.64. The molecular formula is C17H18ClFN4O3. The van der Waals surface area contributed by atoms with Crippen molar-refractivity contribution in [1.82, 2.24) is 4.57 Å². The highest BCUT2D eigenvalue weighted by molar-refractivity contribution is 6.38. The third-order valence-electron chi connectivity index (χ3n) is 5.08. The Hall–Kier alpha value is -2.32. The van der Waals surface area contributed by atoms with Gasteiger partial charge in [0.25, 0.3) is 0 Å². The normalized spacial score (nSPS) is 20.1. The van der Waals surface area contributed by atoms with Gasteiger partial charge in [-0.15, -0.1) is 0 Å². The summed E-state index contributed by atoms with van der Waals surface area (Å²) in [6, 6.07) is -0.0744. The van der Waals surface area contributed by atoms with Crippen molar-refractivity contribution in [3.05, 3.63) is 32.8 Å². The van der Waals surface area contributed by atoms with Crippen molar-refractivity contribution in [1.29, 1.82) is 0 Å².